The van der Waals surface area contributed by atoms with Crippen LogP contribution in [-0.2, 0) is 4.79 Å². The van der Waals surface area contributed by atoms with Gasteiger partial charge in [-0.05, 0) is 34.9 Å². The molecule has 2 heterocycles. The molecule has 1 saturated heterocycles. The minimum atomic E-state index is 0.0445. The Bertz CT molecular complexity index is 436. The fraction of sp³-hybridized carbons (Fsp3) is 0.273. The number of carbonyl (C=O) groups excluding carboxylic acids is 1. The number of thiophene rings is 1. The largest absolute Gasteiger partial charge is 0.293 e. The van der Waals surface area contributed by atoms with Gasteiger partial charge in [-0.25, -0.2) is 0 Å². The van der Waals surface area contributed by atoms with Crippen LogP contribution in [0.3, 0.4) is 0 Å². The Morgan fingerprint density at radius 2 is 2.38 bits per heavy atom. The zero-order valence-electron chi connectivity index (χ0n) is 8.80. The van der Waals surface area contributed by atoms with E-state index in [0.717, 1.165) is 16.9 Å². The zero-order valence-corrected chi connectivity index (χ0v) is 11.3. The Kier molecular flexibility index (Phi) is 3.78. The van der Waals surface area contributed by atoms with Crippen molar-refractivity contribution in [2.24, 2.45) is 0 Å². The quantitative estimate of drug-likeness (QED) is 0.620. The summed E-state index contributed by atoms with van der Waals surface area (Å²) in [4.78, 5) is 14.4. The van der Waals surface area contributed by atoms with Crippen molar-refractivity contribution in [2.45, 2.75) is 13.3 Å². The highest BCUT2D eigenvalue weighted by Gasteiger charge is 2.30. The van der Waals surface area contributed by atoms with Crippen LogP contribution < -0.4 is 0 Å². The molecule has 84 valence electrons. The Labute approximate surface area is 108 Å². The van der Waals surface area contributed by atoms with E-state index in [1.54, 1.807) is 16.2 Å². The van der Waals surface area contributed by atoms with E-state index in [1.807, 2.05) is 29.8 Å². The summed E-state index contributed by atoms with van der Waals surface area (Å²) < 4.78 is 0.674. The Morgan fingerprint density at radius 1 is 1.56 bits per heavy atom. The molecular formula is C11H11NOS3. The maximum absolute atomic E-state index is 12.0. The van der Waals surface area contributed by atoms with E-state index in [9.17, 15) is 4.79 Å². The molecule has 1 aliphatic rings. The molecule has 2 rings (SSSR count). The van der Waals surface area contributed by atoms with Crippen LogP contribution in [0.1, 0.15) is 18.9 Å². The lowest BCUT2D eigenvalue weighted by atomic mass is 10.3. The highest BCUT2D eigenvalue weighted by Crippen LogP contribution is 2.32. The predicted octanol–water partition coefficient (Wildman–Crippen LogP) is 3.36. The minimum absolute atomic E-state index is 0.0445. The second-order valence-corrected chi connectivity index (χ2v) is 5.85. The van der Waals surface area contributed by atoms with E-state index in [1.165, 1.54) is 11.8 Å². The van der Waals surface area contributed by atoms with Crippen molar-refractivity contribution in [1.82, 2.24) is 4.90 Å². The molecule has 0 aliphatic carbocycles. The third kappa shape index (κ3) is 2.36. The fourth-order valence-electron chi connectivity index (χ4n) is 1.42. The van der Waals surface area contributed by atoms with E-state index in [4.69, 9.17) is 12.2 Å². The molecule has 1 aromatic heterocycles. The summed E-state index contributed by atoms with van der Waals surface area (Å²) in [6.07, 6.45) is 2.84. The summed E-state index contributed by atoms with van der Waals surface area (Å²) in [7, 11) is 0. The van der Waals surface area contributed by atoms with Crippen LogP contribution in [0.5, 0.6) is 0 Å². The van der Waals surface area contributed by atoms with Gasteiger partial charge in [-0.2, -0.15) is 11.3 Å². The van der Waals surface area contributed by atoms with Gasteiger partial charge in [0.05, 0.1) is 4.91 Å². The van der Waals surface area contributed by atoms with Gasteiger partial charge in [0.25, 0.3) is 5.91 Å². The maximum Gasteiger partial charge on any atom is 0.266 e. The number of nitrogens with zero attached hydrogens (tertiary/aromatic N) is 1. The minimum Gasteiger partial charge on any atom is -0.293 e. The first-order chi connectivity index (χ1) is 7.72. The molecule has 0 aromatic carbocycles. The van der Waals surface area contributed by atoms with Gasteiger partial charge in [0, 0.05) is 6.54 Å². The average molecular weight is 269 g/mol. The molecule has 1 aliphatic heterocycles. The van der Waals surface area contributed by atoms with Crippen LogP contribution in [0.15, 0.2) is 21.7 Å². The summed E-state index contributed by atoms with van der Waals surface area (Å²) in [6.45, 7) is 2.76. The Hall–Kier alpha value is -0.650. The van der Waals surface area contributed by atoms with Gasteiger partial charge in [-0.15, -0.1) is 0 Å². The third-order valence-corrected chi connectivity index (χ3v) is 4.24. The molecule has 1 aromatic rings. The number of rotatable bonds is 3. The molecule has 1 amide bonds. The monoisotopic (exact) mass is 269 g/mol. The summed E-state index contributed by atoms with van der Waals surface area (Å²) in [5, 5.41) is 4.02. The molecule has 16 heavy (non-hydrogen) atoms. The van der Waals surface area contributed by atoms with E-state index in [2.05, 4.69) is 0 Å². The number of hydrogen-bond donors (Lipinski definition) is 0. The summed E-state index contributed by atoms with van der Waals surface area (Å²) in [6, 6.07) is 2.00. The van der Waals surface area contributed by atoms with Crippen LogP contribution in [-0.4, -0.2) is 21.7 Å². The summed E-state index contributed by atoms with van der Waals surface area (Å²) in [5.74, 6) is 0.0445. The highest BCUT2D eigenvalue weighted by molar-refractivity contribution is 8.26. The predicted molar refractivity (Wildman–Crippen MR) is 74.5 cm³/mol. The fourth-order valence-corrected chi connectivity index (χ4v) is 3.35. The van der Waals surface area contributed by atoms with Gasteiger partial charge in [0.2, 0.25) is 0 Å². The number of thiocarbonyl (C=S) groups is 1. The lowest BCUT2D eigenvalue weighted by Crippen LogP contribution is -2.28. The molecule has 5 heteroatoms. The van der Waals surface area contributed by atoms with E-state index < -0.39 is 0 Å². The van der Waals surface area contributed by atoms with Crippen LogP contribution in [0.4, 0.5) is 0 Å². The van der Waals surface area contributed by atoms with E-state index in [0.29, 0.717) is 10.9 Å². The molecule has 0 atom stereocenters. The highest BCUT2D eigenvalue weighted by atomic mass is 32.2. The summed E-state index contributed by atoms with van der Waals surface area (Å²) >= 11 is 8.20. The second-order valence-electron chi connectivity index (χ2n) is 3.39. The van der Waals surface area contributed by atoms with Gasteiger partial charge in [-0.3, -0.25) is 9.69 Å². The number of amides is 1. The lowest BCUT2D eigenvalue weighted by Gasteiger charge is -2.11. The first kappa shape index (κ1) is 11.8. The van der Waals surface area contributed by atoms with Crippen molar-refractivity contribution < 1.29 is 4.79 Å². The molecular weight excluding hydrogens is 258 g/mol. The second kappa shape index (κ2) is 5.12. The van der Waals surface area contributed by atoms with Crippen molar-refractivity contribution >= 4 is 51.6 Å². The molecule has 0 N–H and O–H groups in total. The van der Waals surface area contributed by atoms with Gasteiger partial charge in [0.15, 0.2) is 0 Å². The van der Waals surface area contributed by atoms with Crippen LogP contribution in [0, 0.1) is 0 Å². The standard InChI is InChI=1S/C11H11NOS3/c1-2-4-12-10(13)9(16-11(12)14)6-8-3-5-15-7-8/h3,5-7H,2,4H2,1H3/b9-6-. The number of hydrogen-bond acceptors (Lipinski definition) is 4. The SMILES string of the molecule is CCCN1C(=O)/C(=C/c2ccsc2)SC1=S. The van der Waals surface area contributed by atoms with Crippen molar-refractivity contribution in [3.63, 3.8) is 0 Å². The van der Waals surface area contributed by atoms with Gasteiger partial charge >= 0.3 is 0 Å². The van der Waals surface area contributed by atoms with Gasteiger partial charge in [-0.1, -0.05) is 30.9 Å². The first-order valence-corrected chi connectivity index (χ1v) is 7.16. The number of thioether (sulfide) groups is 1. The van der Waals surface area contributed by atoms with Gasteiger partial charge < -0.3 is 0 Å². The van der Waals surface area contributed by atoms with Gasteiger partial charge in [0.1, 0.15) is 4.32 Å². The molecule has 1 fully saturated rings. The van der Waals surface area contributed by atoms with E-state index >= 15 is 0 Å². The Morgan fingerprint density at radius 3 is 3.00 bits per heavy atom. The average Bonchev–Trinajstić information content (AvgIpc) is 2.84. The molecule has 0 saturated carbocycles. The number of carbonyl (C=O) groups is 1. The molecule has 0 spiro atoms. The van der Waals surface area contributed by atoms with Crippen molar-refractivity contribution in [2.75, 3.05) is 6.54 Å². The normalized spacial score (nSPS) is 18.8. The Balaban J connectivity index is 2.20. The van der Waals surface area contributed by atoms with Crippen molar-refractivity contribution in [3.05, 3.63) is 27.3 Å². The zero-order chi connectivity index (χ0) is 11.5. The molecule has 0 bridgehead atoms. The summed E-state index contributed by atoms with van der Waals surface area (Å²) in [5.41, 5.74) is 1.07. The third-order valence-electron chi connectivity index (χ3n) is 2.16. The van der Waals surface area contributed by atoms with Crippen LogP contribution in [0.2, 0.25) is 0 Å². The van der Waals surface area contributed by atoms with E-state index in [-0.39, 0.29) is 5.91 Å². The lowest BCUT2D eigenvalue weighted by molar-refractivity contribution is -0.122. The van der Waals surface area contributed by atoms with Crippen molar-refractivity contribution in [3.8, 4) is 0 Å². The maximum atomic E-state index is 12.0. The smallest absolute Gasteiger partial charge is 0.266 e. The van der Waals surface area contributed by atoms with Crippen molar-refractivity contribution in [1.29, 1.82) is 0 Å². The molecule has 0 unspecified atom stereocenters. The molecule has 0 radical (unpaired) electrons. The van der Waals surface area contributed by atoms with Crippen LogP contribution in [0.25, 0.3) is 6.08 Å². The molecule has 2 nitrogen and oxygen atoms in total. The van der Waals surface area contributed by atoms with Crippen LogP contribution >= 0.6 is 35.3 Å². The first-order valence-electron chi connectivity index (χ1n) is 5.00. The topological polar surface area (TPSA) is 20.3 Å².